The van der Waals surface area contributed by atoms with Crippen molar-refractivity contribution in [2.24, 2.45) is 5.73 Å². The van der Waals surface area contributed by atoms with Crippen LogP contribution in [-0.4, -0.2) is 70.1 Å². The number of carbonyl (C=O) groups is 1. The third kappa shape index (κ3) is 5.11. The molecule has 1 amide bonds. The fraction of sp³-hybridized carbons (Fsp3) is 0.933. The number of halogens is 9. The van der Waals surface area contributed by atoms with Gasteiger partial charge in [-0.05, 0) is 27.2 Å². The summed E-state index contributed by atoms with van der Waals surface area (Å²) in [5.41, 5.74) is -12.6. The highest BCUT2D eigenvalue weighted by Gasteiger charge is 2.73. The van der Waals surface area contributed by atoms with E-state index in [1.807, 2.05) is 0 Å². The second kappa shape index (κ2) is 8.67. The van der Waals surface area contributed by atoms with Crippen LogP contribution in [0.5, 0.6) is 0 Å². The van der Waals surface area contributed by atoms with E-state index in [4.69, 9.17) is 10.8 Å². The highest BCUT2D eigenvalue weighted by Crippen LogP contribution is 2.49. The van der Waals surface area contributed by atoms with E-state index in [1.54, 1.807) is 0 Å². The van der Waals surface area contributed by atoms with Gasteiger partial charge in [0.1, 0.15) is 11.8 Å². The number of ether oxygens (including phenoxy) is 1. The Morgan fingerprint density at radius 1 is 0.967 bits per heavy atom. The summed E-state index contributed by atoms with van der Waals surface area (Å²) in [6.07, 6.45) is -18.2. The molecular weight excluding hydrogens is 443 g/mol. The Hall–Kier alpha value is -1.32. The van der Waals surface area contributed by atoms with E-state index in [0.717, 1.165) is 12.2 Å². The maximum atomic E-state index is 15.1. The van der Waals surface area contributed by atoms with Crippen LogP contribution in [0.15, 0.2) is 0 Å². The first-order chi connectivity index (χ1) is 13.0. The van der Waals surface area contributed by atoms with Crippen LogP contribution in [0.3, 0.4) is 0 Å². The van der Waals surface area contributed by atoms with Crippen molar-refractivity contribution in [1.29, 1.82) is 0 Å². The minimum Gasteiger partial charge on any atom is -0.374 e. The van der Waals surface area contributed by atoms with Crippen molar-refractivity contribution in [3.63, 3.8) is 0 Å². The molecule has 0 aromatic heterocycles. The van der Waals surface area contributed by atoms with Gasteiger partial charge in [0.05, 0.1) is 6.61 Å². The van der Waals surface area contributed by atoms with Crippen LogP contribution in [0.4, 0.5) is 39.5 Å². The Bertz CT molecular complexity index is 592. The first-order valence-electron chi connectivity index (χ1n) is 8.28. The molecule has 6 nitrogen and oxygen atoms in total. The van der Waals surface area contributed by atoms with E-state index in [0.29, 0.717) is 0 Å². The summed E-state index contributed by atoms with van der Waals surface area (Å²) in [7, 11) is 0. The fourth-order valence-corrected chi connectivity index (χ4v) is 2.28. The number of alkyl halides is 9. The molecule has 0 aliphatic rings. The van der Waals surface area contributed by atoms with Gasteiger partial charge >= 0.3 is 18.0 Å². The SMILES string of the molecule is CCC(C)(OCC(F)(C(C)(C)F)C(F)(F)F)C(F)(C(=O)NC(O)C(N)O)C(F)(F)F. The molecule has 5 atom stereocenters. The zero-order chi connectivity index (χ0) is 24.6. The number of aliphatic hydroxyl groups excluding tert-OH is 2. The molecule has 0 aromatic rings. The van der Waals surface area contributed by atoms with Crippen molar-refractivity contribution in [2.75, 3.05) is 6.61 Å². The minimum atomic E-state index is -6.16. The summed E-state index contributed by atoms with van der Waals surface area (Å²) < 4.78 is 127. The molecule has 0 radical (unpaired) electrons. The lowest BCUT2D eigenvalue weighted by Gasteiger charge is -2.44. The molecule has 0 saturated carbocycles. The summed E-state index contributed by atoms with van der Waals surface area (Å²) in [6.45, 7) is -1.15. The largest absolute Gasteiger partial charge is 0.434 e. The Morgan fingerprint density at radius 2 is 1.40 bits per heavy atom. The Kier molecular flexibility index (Phi) is 8.29. The van der Waals surface area contributed by atoms with E-state index in [2.05, 4.69) is 4.74 Å². The van der Waals surface area contributed by atoms with Crippen LogP contribution >= 0.6 is 0 Å². The normalized spacial score (nSPS) is 21.7. The molecule has 0 heterocycles. The van der Waals surface area contributed by atoms with E-state index < -0.39 is 66.4 Å². The van der Waals surface area contributed by atoms with Crippen molar-refractivity contribution in [1.82, 2.24) is 5.32 Å². The number of carbonyl (C=O) groups excluding carboxylic acids is 1. The first-order valence-corrected chi connectivity index (χ1v) is 8.28. The average Bonchev–Trinajstić information content (AvgIpc) is 2.54. The molecule has 15 heteroatoms. The Labute approximate surface area is 165 Å². The molecule has 30 heavy (non-hydrogen) atoms. The van der Waals surface area contributed by atoms with Gasteiger partial charge in [-0.3, -0.25) is 4.79 Å². The third-order valence-electron chi connectivity index (χ3n) is 4.69. The standard InChI is InChI=1S/C15H23F9N2O4/c1-5-11(4,30-6-12(17,10(2,3)16)14(19,20)21)13(18,15(22,23)24)9(29)26-8(28)7(25)27/h7-8,27-28H,5-6,25H2,1-4H3,(H,26,29). The van der Waals surface area contributed by atoms with Gasteiger partial charge in [-0.15, -0.1) is 0 Å². The van der Waals surface area contributed by atoms with Crippen LogP contribution in [0.2, 0.25) is 0 Å². The fourth-order valence-electron chi connectivity index (χ4n) is 2.28. The third-order valence-corrected chi connectivity index (χ3v) is 4.69. The van der Waals surface area contributed by atoms with E-state index in [-0.39, 0.29) is 20.8 Å². The maximum absolute atomic E-state index is 15.1. The van der Waals surface area contributed by atoms with Crippen molar-refractivity contribution in [3.05, 3.63) is 0 Å². The summed E-state index contributed by atoms with van der Waals surface area (Å²) >= 11 is 0. The van der Waals surface area contributed by atoms with Crippen LogP contribution in [-0.2, 0) is 9.53 Å². The molecule has 0 fully saturated rings. The van der Waals surface area contributed by atoms with Crippen LogP contribution in [0.1, 0.15) is 34.1 Å². The van der Waals surface area contributed by atoms with Gasteiger partial charge in [0.2, 0.25) is 0 Å². The highest BCUT2D eigenvalue weighted by molar-refractivity contribution is 5.87. The Balaban J connectivity index is 6.29. The van der Waals surface area contributed by atoms with Crippen molar-refractivity contribution < 1.29 is 59.3 Å². The van der Waals surface area contributed by atoms with Gasteiger partial charge < -0.3 is 26.0 Å². The molecule has 0 aliphatic heterocycles. The molecule has 5 unspecified atom stereocenters. The lowest BCUT2D eigenvalue weighted by atomic mass is 9.81. The number of hydrogen-bond acceptors (Lipinski definition) is 5. The van der Waals surface area contributed by atoms with Gasteiger partial charge in [0.15, 0.2) is 11.9 Å². The molecule has 0 aliphatic carbocycles. The highest BCUT2D eigenvalue weighted by atomic mass is 19.4. The molecule has 5 N–H and O–H groups in total. The molecule has 0 rings (SSSR count). The van der Waals surface area contributed by atoms with Gasteiger partial charge in [-0.2, -0.15) is 26.3 Å². The topological polar surface area (TPSA) is 105 Å². The van der Waals surface area contributed by atoms with Crippen molar-refractivity contribution in [3.8, 4) is 0 Å². The second-order valence-electron chi connectivity index (χ2n) is 7.21. The summed E-state index contributed by atoms with van der Waals surface area (Å²) in [6, 6.07) is 0. The van der Waals surface area contributed by atoms with Gasteiger partial charge in [-0.25, -0.2) is 13.2 Å². The zero-order valence-electron chi connectivity index (χ0n) is 16.3. The number of rotatable bonds is 9. The smallest absolute Gasteiger partial charge is 0.374 e. The Morgan fingerprint density at radius 3 is 1.67 bits per heavy atom. The number of nitrogens with two attached hydrogens (primary N) is 1. The lowest BCUT2D eigenvalue weighted by Crippen LogP contribution is -2.70. The number of aliphatic hydroxyl groups is 2. The number of hydrogen-bond donors (Lipinski definition) is 4. The monoisotopic (exact) mass is 466 g/mol. The zero-order valence-corrected chi connectivity index (χ0v) is 16.3. The number of nitrogens with one attached hydrogen (secondary N) is 1. The summed E-state index contributed by atoms with van der Waals surface area (Å²) in [4.78, 5) is 11.9. The molecule has 180 valence electrons. The minimum absolute atomic E-state index is 0.144. The van der Waals surface area contributed by atoms with Crippen molar-refractivity contribution >= 4 is 5.91 Å². The molecule has 0 bridgehead atoms. The molecule has 0 spiro atoms. The maximum Gasteiger partial charge on any atom is 0.434 e. The summed E-state index contributed by atoms with van der Waals surface area (Å²) in [5.74, 6) is -2.69. The van der Waals surface area contributed by atoms with Crippen LogP contribution < -0.4 is 11.1 Å². The predicted octanol–water partition coefficient (Wildman–Crippen LogP) is 2.17. The molecular formula is C15H23F9N2O4. The molecule has 0 saturated heterocycles. The number of amides is 1. The lowest BCUT2D eigenvalue weighted by molar-refractivity contribution is -0.317. The van der Waals surface area contributed by atoms with Crippen molar-refractivity contribution in [2.45, 2.75) is 81.5 Å². The molecule has 0 aromatic carbocycles. The van der Waals surface area contributed by atoms with Gasteiger partial charge in [0, 0.05) is 0 Å². The van der Waals surface area contributed by atoms with E-state index >= 15 is 4.39 Å². The van der Waals surface area contributed by atoms with Gasteiger partial charge in [0.25, 0.3) is 11.6 Å². The quantitative estimate of drug-likeness (QED) is 0.308. The average molecular weight is 466 g/mol. The van der Waals surface area contributed by atoms with Crippen LogP contribution in [0.25, 0.3) is 0 Å². The van der Waals surface area contributed by atoms with E-state index in [1.165, 1.54) is 0 Å². The first kappa shape index (κ1) is 28.7. The second-order valence-corrected chi connectivity index (χ2v) is 7.21. The predicted molar refractivity (Wildman–Crippen MR) is 84.0 cm³/mol. The van der Waals surface area contributed by atoms with Gasteiger partial charge in [-0.1, -0.05) is 6.92 Å². The van der Waals surface area contributed by atoms with Crippen LogP contribution in [0, 0.1) is 0 Å². The summed E-state index contributed by atoms with van der Waals surface area (Å²) in [5, 5.41) is 19.0. The van der Waals surface area contributed by atoms with E-state index in [9.17, 15) is 45.0 Å².